The predicted octanol–water partition coefficient (Wildman–Crippen LogP) is 3.90. The van der Waals surface area contributed by atoms with Gasteiger partial charge in [-0.1, -0.05) is 47.5 Å². The van der Waals surface area contributed by atoms with E-state index in [9.17, 15) is 18.5 Å². The number of aryl methyl sites for hydroxylation is 1. The standard InChI is InChI=1S/C16H16Cl2N2O4S/c1-11-7-9-12(10-8-11)25(23,24)19-15(16(2,18)20(21)22)13-5-3-4-6-14(13)17/h3-10,15,19H,1-2H3/t15-,16+/m1/s1. The Morgan fingerprint density at radius 2 is 1.72 bits per heavy atom. The summed E-state index contributed by atoms with van der Waals surface area (Å²) in [6, 6.07) is 11.0. The third-order valence-electron chi connectivity index (χ3n) is 3.70. The van der Waals surface area contributed by atoms with E-state index in [-0.39, 0.29) is 15.5 Å². The van der Waals surface area contributed by atoms with Gasteiger partial charge in [-0.2, -0.15) is 4.72 Å². The van der Waals surface area contributed by atoms with Gasteiger partial charge >= 0.3 is 5.00 Å². The molecule has 0 heterocycles. The number of rotatable bonds is 6. The van der Waals surface area contributed by atoms with Gasteiger partial charge in [0.1, 0.15) is 6.04 Å². The fourth-order valence-electron chi connectivity index (χ4n) is 2.21. The minimum absolute atomic E-state index is 0.0223. The van der Waals surface area contributed by atoms with E-state index in [4.69, 9.17) is 23.2 Å². The van der Waals surface area contributed by atoms with Crippen molar-refractivity contribution < 1.29 is 13.3 Å². The zero-order valence-electron chi connectivity index (χ0n) is 13.4. The molecule has 2 aromatic carbocycles. The number of benzene rings is 2. The van der Waals surface area contributed by atoms with Crippen molar-refractivity contribution in [1.82, 2.24) is 4.72 Å². The van der Waals surface area contributed by atoms with E-state index in [1.807, 2.05) is 6.92 Å². The van der Waals surface area contributed by atoms with E-state index in [2.05, 4.69) is 4.72 Å². The fraction of sp³-hybridized carbons (Fsp3) is 0.250. The highest BCUT2D eigenvalue weighted by atomic mass is 35.5. The summed E-state index contributed by atoms with van der Waals surface area (Å²) in [5.74, 6) is 0. The van der Waals surface area contributed by atoms with Gasteiger partial charge in [-0.25, -0.2) is 8.42 Å². The molecule has 0 aliphatic heterocycles. The average molecular weight is 403 g/mol. The summed E-state index contributed by atoms with van der Waals surface area (Å²) >= 11 is 12.2. The van der Waals surface area contributed by atoms with Crippen molar-refractivity contribution in [2.45, 2.75) is 29.8 Å². The van der Waals surface area contributed by atoms with Crippen LogP contribution in [0.3, 0.4) is 0 Å². The Hall–Kier alpha value is -1.67. The second kappa shape index (κ2) is 7.29. The molecule has 1 N–H and O–H groups in total. The molecule has 0 saturated heterocycles. The molecule has 0 fully saturated rings. The highest BCUT2D eigenvalue weighted by Gasteiger charge is 2.47. The molecule has 0 amide bonds. The largest absolute Gasteiger partial charge is 0.312 e. The predicted molar refractivity (Wildman–Crippen MR) is 96.9 cm³/mol. The Morgan fingerprint density at radius 3 is 2.24 bits per heavy atom. The van der Waals surface area contributed by atoms with Gasteiger partial charge in [0.2, 0.25) is 10.0 Å². The Bertz CT molecular complexity index is 883. The smallest absolute Gasteiger partial charge is 0.263 e. The van der Waals surface area contributed by atoms with Gasteiger partial charge in [-0.15, -0.1) is 0 Å². The van der Waals surface area contributed by atoms with Crippen molar-refractivity contribution in [3.8, 4) is 0 Å². The van der Waals surface area contributed by atoms with E-state index in [0.29, 0.717) is 0 Å². The molecule has 0 spiro atoms. The molecule has 0 unspecified atom stereocenters. The maximum Gasteiger partial charge on any atom is 0.312 e. The first-order valence-electron chi connectivity index (χ1n) is 7.22. The third-order valence-corrected chi connectivity index (χ3v) is 5.84. The summed E-state index contributed by atoms with van der Waals surface area (Å²) in [5.41, 5.74) is 1.10. The highest BCUT2D eigenvalue weighted by Crippen LogP contribution is 2.37. The van der Waals surface area contributed by atoms with Crippen LogP contribution in [0.1, 0.15) is 24.1 Å². The van der Waals surface area contributed by atoms with Crippen LogP contribution < -0.4 is 4.72 Å². The topological polar surface area (TPSA) is 89.3 Å². The first kappa shape index (κ1) is 19.7. The van der Waals surface area contributed by atoms with E-state index >= 15 is 0 Å². The fourth-order valence-corrected chi connectivity index (χ4v) is 3.99. The molecule has 2 rings (SSSR count). The van der Waals surface area contributed by atoms with Gasteiger partial charge in [-0.05, 0) is 42.3 Å². The van der Waals surface area contributed by atoms with E-state index < -0.39 is 26.0 Å². The highest BCUT2D eigenvalue weighted by molar-refractivity contribution is 7.89. The number of sulfonamides is 1. The summed E-state index contributed by atoms with van der Waals surface area (Å²) in [6.45, 7) is 2.94. The van der Waals surface area contributed by atoms with Crippen molar-refractivity contribution in [2.24, 2.45) is 0 Å². The summed E-state index contributed by atoms with van der Waals surface area (Å²) in [5, 5.41) is 11.6. The number of hydrogen-bond acceptors (Lipinski definition) is 4. The number of nitro groups is 1. The molecule has 0 aromatic heterocycles. The van der Waals surface area contributed by atoms with Crippen LogP contribution in [0.4, 0.5) is 0 Å². The van der Waals surface area contributed by atoms with Crippen LogP contribution in [0.25, 0.3) is 0 Å². The summed E-state index contributed by atoms with van der Waals surface area (Å²) in [6.07, 6.45) is 0. The minimum atomic E-state index is -4.06. The van der Waals surface area contributed by atoms with Crippen LogP contribution in [-0.2, 0) is 10.0 Å². The van der Waals surface area contributed by atoms with Gasteiger partial charge in [0.05, 0.1) is 4.90 Å². The molecule has 0 bridgehead atoms. The molecule has 2 atom stereocenters. The number of halogens is 2. The van der Waals surface area contributed by atoms with Crippen LogP contribution in [0.2, 0.25) is 5.02 Å². The van der Waals surface area contributed by atoms with E-state index in [1.165, 1.54) is 24.3 Å². The van der Waals surface area contributed by atoms with Gasteiger partial charge in [0.25, 0.3) is 0 Å². The first-order valence-corrected chi connectivity index (χ1v) is 9.46. The molecule has 0 aliphatic carbocycles. The molecule has 9 heteroatoms. The maximum atomic E-state index is 12.7. The normalized spacial score (nSPS) is 15.4. The van der Waals surface area contributed by atoms with Gasteiger partial charge in [-0.3, -0.25) is 10.1 Å². The summed E-state index contributed by atoms with van der Waals surface area (Å²) in [4.78, 5) is 8.50. The van der Waals surface area contributed by atoms with Crippen LogP contribution >= 0.6 is 23.2 Å². The zero-order valence-corrected chi connectivity index (χ0v) is 15.8. The van der Waals surface area contributed by atoms with Crippen molar-refractivity contribution in [1.29, 1.82) is 0 Å². The number of nitrogens with one attached hydrogen (secondary N) is 1. The maximum absolute atomic E-state index is 12.7. The molecule has 0 saturated carbocycles. The Labute approximate surface area is 156 Å². The molecule has 134 valence electrons. The number of nitrogens with zero attached hydrogens (tertiary/aromatic N) is 1. The average Bonchev–Trinajstić information content (AvgIpc) is 2.53. The van der Waals surface area contributed by atoms with Gasteiger partial charge < -0.3 is 0 Å². The monoisotopic (exact) mass is 402 g/mol. The Kier molecular flexibility index (Phi) is 5.73. The third kappa shape index (κ3) is 4.30. The van der Waals surface area contributed by atoms with Crippen molar-refractivity contribution >= 4 is 33.2 Å². The Balaban J connectivity index is 2.52. The van der Waals surface area contributed by atoms with Crippen LogP contribution in [0, 0.1) is 17.0 Å². The number of alkyl halides is 1. The molecule has 25 heavy (non-hydrogen) atoms. The quantitative estimate of drug-likeness (QED) is 0.343. The molecule has 6 nitrogen and oxygen atoms in total. The lowest BCUT2D eigenvalue weighted by atomic mass is 10.0. The van der Waals surface area contributed by atoms with Crippen molar-refractivity contribution in [2.75, 3.05) is 0 Å². The second-order valence-electron chi connectivity index (χ2n) is 5.67. The van der Waals surface area contributed by atoms with Crippen molar-refractivity contribution in [3.63, 3.8) is 0 Å². The molecule has 0 radical (unpaired) electrons. The molecular weight excluding hydrogens is 387 g/mol. The van der Waals surface area contributed by atoms with E-state index in [0.717, 1.165) is 12.5 Å². The Morgan fingerprint density at radius 1 is 1.16 bits per heavy atom. The molecule has 0 aliphatic rings. The minimum Gasteiger partial charge on any atom is -0.263 e. The zero-order chi connectivity index (χ0) is 18.8. The van der Waals surface area contributed by atoms with Crippen LogP contribution in [-0.4, -0.2) is 18.3 Å². The summed E-state index contributed by atoms with van der Waals surface area (Å²) in [7, 11) is -4.06. The van der Waals surface area contributed by atoms with Gasteiger partial charge in [0, 0.05) is 16.9 Å². The van der Waals surface area contributed by atoms with E-state index in [1.54, 1.807) is 24.3 Å². The number of hydrogen-bond donors (Lipinski definition) is 1. The van der Waals surface area contributed by atoms with Crippen LogP contribution in [0.15, 0.2) is 53.4 Å². The molecule has 2 aromatic rings. The SMILES string of the molecule is Cc1ccc(S(=O)(=O)N[C@H](c2ccccc2Cl)[C@@](C)(Cl)[N+](=O)[O-])cc1. The lowest BCUT2D eigenvalue weighted by Gasteiger charge is -2.26. The van der Waals surface area contributed by atoms with Crippen molar-refractivity contribution in [3.05, 3.63) is 74.8 Å². The molecular formula is C16H16Cl2N2O4S. The lowest BCUT2D eigenvalue weighted by Crippen LogP contribution is -2.45. The van der Waals surface area contributed by atoms with Crippen LogP contribution in [0.5, 0.6) is 0 Å². The second-order valence-corrected chi connectivity index (χ2v) is 8.56. The van der Waals surface area contributed by atoms with Gasteiger partial charge in [0.15, 0.2) is 0 Å². The summed E-state index contributed by atoms with van der Waals surface area (Å²) < 4.78 is 27.7. The first-order chi connectivity index (χ1) is 11.6. The lowest BCUT2D eigenvalue weighted by molar-refractivity contribution is -0.542.